The summed E-state index contributed by atoms with van der Waals surface area (Å²) in [5, 5.41) is 6.25. The predicted octanol–water partition coefficient (Wildman–Crippen LogP) is 4.38. The van der Waals surface area contributed by atoms with E-state index in [9.17, 15) is 4.79 Å². The maximum absolute atomic E-state index is 13.2. The Morgan fingerprint density at radius 1 is 1.07 bits per heavy atom. The van der Waals surface area contributed by atoms with Crippen LogP contribution in [0.3, 0.4) is 0 Å². The second kappa shape index (κ2) is 9.11. The summed E-state index contributed by atoms with van der Waals surface area (Å²) in [6.07, 6.45) is 15.6. The van der Waals surface area contributed by atoms with Crippen LogP contribution >= 0.6 is 8.58 Å². The molecule has 2 fully saturated rings. The van der Waals surface area contributed by atoms with Crippen molar-refractivity contribution in [2.45, 2.75) is 43.2 Å². The smallest absolute Gasteiger partial charge is 0.270 e. The molecule has 0 radical (unpaired) electrons. The lowest BCUT2D eigenvalue weighted by atomic mass is 9.90. The zero-order valence-electron chi connectivity index (χ0n) is 22.1. The van der Waals surface area contributed by atoms with Gasteiger partial charge in [-0.15, -0.1) is 6.42 Å². The Labute approximate surface area is 233 Å². The van der Waals surface area contributed by atoms with Crippen molar-refractivity contribution < 1.29 is 4.79 Å². The Bertz CT molecular complexity index is 1850. The van der Waals surface area contributed by atoms with Crippen molar-refractivity contribution in [3.8, 4) is 23.5 Å². The lowest BCUT2D eigenvalue weighted by Crippen LogP contribution is -2.45. The second-order valence-corrected chi connectivity index (χ2v) is 12.0. The van der Waals surface area contributed by atoms with Crippen LogP contribution in [0.15, 0.2) is 61.2 Å². The Hall–Kier alpha value is -4.34. The van der Waals surface area contributed by atoms with Crippen molar-refractivity contribution >= 4 is 47.5 Å². The van der Waals surface area contributed by atoms with Gasteiger partial charge in [-0.25, -0.2) is 9.97 Å². The fourth-order valence-corrected chi connectivity index (χ4v) is 7.30. The van der Waals surface area contributed by atoms with Gasteiger partial charge in [0.25, 0.3) is 5.91 Å². The van der Waals surface area contributed by atoms with E-state index in [1.54, 1.807) is 6.20 Å². The van der Waals surface area contributed by atoms with E-state index >= 15 is 0 Å². The number of nitrogen functional groups attached to an aromatic ring is 1. The van der Waals surface area contributed by atoms with E-state index in [4.69, 9.17) is 22.1 Å². The highest BCUT2D eigenvalue weighted by Gasteiger charge is 2.57. The molecule has 2 aliphatic rings. The topological polar surface area (TPSA) is 112 Å². The van der Waals surface area contributed by atoms with Crippen molar-refractivity contribution in [2.24, 2.45) is 0 Å². The molecule has 1 aromatic carbocycles. The number of hydrogen-bond donors (Lipinski definition) is 2. The number of amides is 1. The molecule has 4 aromatic heterocycles. The van der Waals surface area contributed by atoms with Gasteiger partial charge in [0, 0.05) is 40.0 Å². The van der Waals surface area contributed by atoms with E-state index in [0.717, 1.165) is 76.2 Å². The monoisotopic (exact) mass is 545 g/mol. The zero-order chi connectivity index (χ0) is 27.5. The van der Waals surface area contributed by atoms with Crippen LogP contribution < -0.4 is 16.4 Å². The van der Waals surface area contributed by atoms with Crippen molar-refractivity contribution in [3.05, 3.63) is 72.6 Å². The minimum absolute atomic E-state index is 0.132. The first-order valence-corrected chi connectivity index (χ1v) is 14.9. The SMILES string of the molecule is C#Cc1c(-c2cnc3ccccc3c2)c2c(N)ncnc2n1C12CCC(NC(=O)c3ccc(PC)cn3)(CC1)C2. The summed E-state index contributed by atoms with van der Waals surface area (Å²) in [5.41, 5.74) is 10.4. The van der Waals surface area contributed by atoms with Gasteiger partial charge in [0.2, 0.25) is 0 Å². The van der Waals surface area contributed by atoms with Gasteiger partial charge < -0.3 is 15.6 Å². The number of para-hydroxylation sites is 1. The van der Waals surface area contributed by atoms with E-state index < -0.39 is 0 Å². The quantitative estimate of drug-likeness (QED) is 0.251. The molecular formula is C31H28N7OP. The Kier molecular flexibility index (Phi) is 5.62. The lowest BCUT2D eigenvalue weighted by molar-refractivity contribution is 0.0896. The first-order chi connectivity index (χ1) is 19.5. The Morgan fingerprint density at radius 2 is 1.90 bits per heavy atom. The first-order valence-electron chi connectivity index (χ1n) is 13.4. The highest BCUT2D eigenvalue weighted by molar-refractivity contribution is 7.46. The molecule has 7 rings (SSSR count). The molecule has 2 saturated carbocycles. The standard InChI is InChI=1S/C31H28N7OP/c1-3-24-25(20-14-19-6-4-5-7-22(19)33-15-20)26-27(32)35-18-36-28(26)38(24)31-12-10-30(17-31,11-13-31)37-29(39)23-9-8-21(40-2)16-34-23/h1,4-9,14-16,18,40H,10-13,17H2,2H3,(H,37,39)(H2,32,35,36). The highest BCUT2D eigenvalue weighted by Crippen LogP contribution is 2.57. The molecule has 2 bridgehead atoms. The predicted molar refractivity (Wildman–Crippen MR) is 160 cm³/mol. The maximum atomic E-state index is 13.2. The van der Waals surface area contributed by atoms with Crippen LogP contribution in [0.25, 0.3) is 33.1 Å². The largest absolute Gasteiger partial charge is 0.383 e. The summed E-state index contributed by atoms with van der Waals surface area (Å²) >= 11 is 0. The van der Waals surface area contributed by atoms with Gasteiger partial charge in [-0.1, -0.05) is 38.8 Å². The van der Waals surface area contributed by atoms with E-state index in [0.29, 0.717) is 20.1 Å². The fraction of sp³-hybridized carbons (Fsp3) is 0.258. The minimum Gasteiger partial charge on any atom is -0.383 e. The second-order valence-electron chi connectivity index (χ2n) is 10.9. The number of aromatic nitrogens is 5. The van der Waals surface area contributed by atoms with Crippen molar-refractivity contribution in [2.75, 3.05) is 12.4 Å². The van der Waals surface area contributed by atoms with Gasteiger partial charge in [-0.05, 0) is 62.3 Å². The third-order valence-corrected chi connectivity index (χ3v) is 9.61. The number of hydrogen-bond acceptors (Lipinski definition) is 6. The van der Waals surface area contributed by atoms with Crippen molar-refractivity contribution in [1.29, 1.82) is 0 Å². The number of anilines is 1. The average molecular weight is 546 g/mol. The van der Waals surface area contributed by atoms with E-state index in [1.807, 2.05) is 42.6 Å². The van der Waals surface area contributed by atoms with E-state index in [-0.39, 0.29) is 17.0 Å². The van der Waals surface area contributed by atoms with Crippen molar-refractivity contribution in [3.63, 3.8) is 0 Å². The van der Waals surface area contributed by atoms with Crippen LogP contribution in [0.5, 0.6) is 0 Å². The van der Waals surface area contributed by atoms with Crippen LogP contribution in [-0.4, -0.2) is 42.6 Å². The number of rotatable bonds is 5. The maximum Gasteiger partial charge on any atom is 0.270 e. The number of pyridine rings is 2. The van der Waals surface area contributed by atoms with Gasteiger partial charge in [0.05, 0.1) is 10.9 Å². The molecule has 1 amide bonds. The molecule has 2 aliphatic carbocycles. The van der Waals surface area contributed by atoms with Crippen LogP contribution in [-0.2, 0) is 5.54 Å². The normalized spacial score (nSPS) is 21.9. The Morgan fingerprint density at radius 3 is 2.65 bits per heavy atom. The molecule has 198 valence electrons. The summed E-state index contributed by atoms with van der Waals surface area (Å²) in [4.78, 5) is 31.4. The van der Waals surface area contributed by atoms with Crippen LogP contribution in [0, 0.1) is 12.3 Å². The minimum atomic E-state index is -0.324. The Balaban J connectivity index is 1.32. The number of benzene rings is 1. The van der Waals surface area contributed by atoms with Gasteiger partial charge in [-0.2, -0.15) is 0 Å². The van der Waals surface area contributed by atoms with Gasteiger partial charge >= 0.3 is 0 Å². The number of terminal acetylenes is 1. The molecule has 5 aromatic rings. The lowest BCUT2D eigenvalue weighted by Gasteiger charge is -2.30. The van der Waals surface area contributed by atoms with Gasteiger partial charge in [0.1, 0.15) is 29.2 Å². The highest BCUT2D eigenvalue weighted by atomic mass is 31.1. The molecule has 0 saturated heterocycles. The third kappa shape index (κ3) is 3.69. The molecule has 0 aliphatic heterocycles. The van der Waals surface area contributed by atoms with Crippen LogP contribution in [0.4, 0.5) is 5.82 Å². The summed E-state index contributed by atoms with van der Waals surface area (Å²) in [7, 11) is 0.645. The number of carbonyl (C=O) groups is 1. The number of carbonyl (C=O) groups excluding carboxylic acids is 1. The molecule has 4 heterocycles. The molecule has 1 unspecified atom stereocenters. The molecule has 1 atom stereocenters. The summed E-state index contributed by atoms with van der Waals surface area (Å²) in [5.74, 6) is 3.24. The van der Waals surface area contributed by atoms with Crippen LogP contribution in [0.1, 0.15) is 48.3 Å². The first kappa shape index (κ1) is 24.7. The van der Waals surface area contributed by atoms with Gasteiger partial charge in [0.15, 0.2) is 0 Å². The molecule has 9 heteroatoms. The number of fused-ring (bicyclic) bond motifs is 4. The third-order valence-electron chi connectivity index (χ3n) is 8.74. The number of nitrogens with one attached hydrogen (secondary N) is 1. The number of nitrogens with two attached hydrogens (primary N) is 1. The average Bonchev–Trinajstić information content (AvgIpc) is 3.65. The summed E-state index contributed by atoms with van der Waals surface area (Å²) in [6.45, 7) is 2.10. The van der Waals surface area contributed by atoms with E-state index in [2.05, 4.69) is 38.5 Å². The van der Waals surface area contributed by atoms with Gasteiger partial charge in [-0.3, -0.25) is 14.8 Å². The fourth-order valence-electron chi connectivity index (χ4n) is 6.85. The summed E-state index contributed by atoms with van der Waals surface area (Å²) < 4.78 is 2.21. The molecule has 40 heavy (non-hydrogen) atoms. The number of nitrogens with zero attached hydrogens (tertiary/aromatic N) is 5. The zero-order valence-corrected chi connectivity index (χ0v) is 23.1. The summed E-state index contributed by atoms with van der Waals surface area (Å²) in [6, 6.07) is 13.9. The molecule has 3 N–H and O–H groups in total. The molecule has 8 nitrogen and oxygen atoms in total. The molecular weight excluding hydrogens is 517 g/mol. The van der Waals surface area contributed by atoms with E-state index in [1.165, 1.54) is 6.33 Å². The van der Waals surface area contributed by atoms with Crippen molar-refractivity contribution in [1.82, 2.24) is 29.8 Å². The van der Waals surface area contributed by atoms with Crippen LogP contribution in [0.2, 0.25) is 0 Å². The molecule has 0 spiro atoms.